The van der Waals surface area contributed by atoms with Crippen molar-refractivity contribution in [1.29, 1.82) is 0 Å². The second-order valence-electron chi connectivity index (χ2n) is 4.33. The molecule has 2 rings (SSSR count). The Morgan fingerprint density at radius 2 is 2.06 bits per heavy atom. The molecule has 0 saturated carbocycles. The Kier molecular flexibility index (Phi) is 3.94. The van der Waals surface area contributed by atoms with Crippen molar-refractivity contribution < 1.29 is 13.7 Å². The zero-order valence-corrected chi connectivity index (χ0v) is 10.7. The lowest BCUT2D eigenvalue weighted by atomic mass is 10.1. The molecule has 0 radical (unpaired) electrons. The fourth-order valence-corrected chi connectivity index (χ4v) is 3.05. The molecule has 4 heteroatoms. The molecular weight excluding hydrogens is 236 g/mol. The van der Waals surface area contributed by atoms with Crippen LogP contribution in [0.5, 0.6) is 0 Å². The van der Waals surface area contributed by atoms with Crippen LogP contribution in [-0.4, -0.2) is 22.0 Å². The highest BCUT2D eigenvalue weighted by molar-refractivity contribution is 7.85. The Bertz CT molecular complexity index is 425. The topological polar surface area (TPSA) is 43.4 Å². The first-order valence-corrected chi connectivity index (χ1v) is 7.11. The predicted octanol–water partition coefficient (Wildman–Crippen LogP) is 2.20. The average Bonchev–Trinajstić information content (AvgIpc) is 2.29. The summed E-state index contributed by atoms with van der Waals surface area (Å²) in [6.45, 7) is 2.00. The number of carbonyl (C=O) groups is 1. The molecule has 1 fully saturated rings. The van der Waals surface area contributed by atoms with Crippen LogP contribution in [0.25, 0.3) is 0 Å². The summed E-state index contributed by atoms with van der Waals surface area (Å²) in [5.41, 5.74) is 1.15. The molecule has 3 nitrogen and oxygen atoms in total. The molecule has 0 N–H and O–H groups in total. The van der Waals surface area contributed by atoms with Gasteiger partial charge in [-0.1, -0.05) is 17.7 Å². The molecule has 0 amide bonds. The quantitative estimate of drug-likeness (QED) is 0.775. The maximum atomic E-state index is 12.1. The van der Waals surface area contributed by atoms with Crippen LogP contribution in [0.1, 0.15) is 24.8 Å². The minimum Gasteiger partial charge on any atom is -0.461 e. The summed E-state index contributed by atoms with van der Waals surface area (Å²) in [6.07, 6.45) is 1.98. The second kappa shape index (κ2) is 5.45. The van der Waals surface area contributed by atoms with E-state index in [2.05, 4.69) is 0 Å². The smallest absolute Gasteiger partial charge is 0.306 e. The van der Waals surface area contributed by atoms with Gasteiger partial charge >= 0.3 is 5.97 Å². The minimum absolute atomic E-state index is 0.165. The summed E-state index contributed by atoms with van der Waals surface area (Å²) in [6, 6.07) is 7.63. The van der Waals surface area contributed by atoms with Gasteiger partial charge in [-0.3, -0.25) is 9.00 Å². The first-order chi connectivity index (χ1) is 8.15. The minimum atomic E-state index is -1.08. The molecule has 0 unspecified atom stereocenters. The summed E-state index contributed by atoms with van der Waals surface area (Å²) >= 11 is 0. The normalized spacial score (nSPS) is 21.9. The van der Waals surface area contributed by atoms with E-state index in [1.165, 1.54) is 0 Å². The molecule has 0 aliphatic carbocycles. The van der Waals surface area contributed by atoms with Crippen LogP contribution in [0.4, 0.5) is 0 Å². The van der Waals surface area contributed by atoms with Gasteiger partial charge in [0.05, 0.1) is 16.6 Å². The van der Waals surface area contributed by atoms with Crippen LogP contribution >= 0.6 is 0 Å². The van der Waals surface area contributed by atoms with E-state index in [-0.39, 0.29) is 12.1 Å². The number of aryl methyl sites for hydroxylation is 1. The van der Waals surface area contributed by atoms with E-state index in [0.29, 0.717) is 12.2 Å². The van der Waals surface area contributed by atoms with Crippen LogP contribution in [0, 0.1) is 6.92 Å². The van der Waals surface area contributed by atoms with Crippen LogP contribution in [0.15, 0.2) is 29.2 Å². The molecule has 17 heavy (non-hydrogen) atoms. The monoisotopic (exact) mass is 252 g/mol. The highest BCUT2D eigenvalue weighted by atomic mass is 32.2. The lowest BCUT2D eigenvalue weighted by Gasteiger charge is -2.21. The number of rotatable bonds is 3. The number of esters is 1. The maximum Gasteiger partial charge on any atom is 0.306 e. The average molecular weight is 252 g/mol. The molecule has 0 aromatic heterocycles. The molecule has 1 saturated heterocycles. The van der Waals surface area contributed by atoms with Crippen LogP contribution in [0.3, 0.4) is 0 Å². The third-order valence-corrected chi connectivity index (χ3v) is 4.30. The van der Waals surface area contributed by atoms with Gasteiger partial charge in [-0.2, -0.15) is 0 Å². The third kappa shape index (κ3) is 3.40. The number of ether oxygens (including phenoxy) is 1. The van der Waals surface area contributed by atoms with Crippen LogP contribution < -0.4 is 0 Å². The van der Waals surface area contributed by atoms with Gasteiger partial charge in [-0.15, -0.1) is 0 Å². The largest absolute Gasteiger partial charge is 0.461 e. The number of benzene rings is 1. The van der Waals surface area contributed by atoms with E-state index in [4.69, 9.17) is 4.74 Å². The highest BCUT2D eigenvalue weighted by Crippen LogP contribution is 2.17. The first-order valence-electron chi connectivity index (χ1n) is 5.79. The van der Waals surface area contributed by atoms with Crippen molar-refractivity contribution in [2.24, 2.45) is 0 Å². The SMILES string of the molecule is Cc1ccc([S@](=O)C[C@H]2CCCC(=O)O2)cc1. The first kappa shape index (κ1) is 12.3. The Labute approximate surface area is 104 Å². The Balaban J connectivity index is 1.96. The zero-order chi connectivity index (χ0) is 12.3. The van der Waals surface area contributed by atoms with Crippen LogP contribution in [0.2, 0.25) is 0 Å². The Morgan fingerprint density at radius 1 is 1.35 bits per heavy atom. The van der Waals surface area contributed by atoms with E-state index in [1.54, 1.807) is 0 Å². The molecule has 1 aromatic rings. The van der Waals surface area contributed by atoms with Gasteiger partial charge in [-0.25, -0.2) is 0 Å². The van der Waals surface area contributed by atoms with E-state index in [0.717, 1.165) is 23.3 Å². The van der Waals surface area contributed by atoms with Crippen LogP contribution in [-0.2, 0) is 20.3 Å². The van der Waals surface area contributed by atoms with E-state index >= 15 is 0 Å². The van der Waals surface area contributed by atoms with Crippen molar-refractivity contribution in [2.45, 2.75) is 37.2 Å². The van der Waals surface area contributed by atoms with E-state index in [9.17, 15) is 9.00 Å². The summed E-state index contributed by atoms with van der Waals surface area (Å²) in [5.74, 6) is 0.247. The van der Waals surface area contributed by atoms with Crippen molar-refractivity contribution in [3.8, 4) is 0 Å². The van der Waals surface area contributed by atoms with Gasteiger partial charge in [0.15, 0.2) is 0 Å². The molecular formula is C13H16O3S. The fraction of sp³-hybridized carbons (Fsp3) is 0.462. The van der Waals surface area contributed by atoms with Gasteiger partial charge in [0.1, 0.15) is 6.10 Å². The van der Waals surface area contributed by atoms with E-state index < -0.39 is 10.8 Å². The van der Waals surface area contributed by atoms with Crippen molar-refractivity contribution in [3.05, 3.63) is 29.8 Å². The molecule has 1 aromatic carbocycles. The lowest BCUT2D eigenvalue weighted by Crippen LogP contribution is -2.28. The number of hydrogen-bond donors (Lipinski definition) is 0. The molecule has 92 valence electrons. The number of carbonyl (C=O) groups excluding carboxylic acids is 1. The number of cyclic esters (lactones) is 1. The van der Waals surface area contributed by atoms with Crippen molar-refractivity contribution in [1.82, 2.24) is 0 Å². The van der Waals surface area contributed by atoms with Gasteiger partial charge in [0, 0.05) is 11.3 Å². The Hall–Kier alpha value is -1.16. The number of hydrogen-bond acceptors (Lipinski definition) is 3. The van der Waals surface area contributed by atoms with Gasteiger partial charge in [-0.05, 0) is 31.9 Å². The van der Waals surface area contributed by atoms with Crippen molar-refractivity contribution in [2.75, 3.05) is 5.75 Å². The predicted molar refractivity (Wildman–Crippen MR) is 66.2 cm³/mol. The summed E-state index contributed by atoms with van der Waals surface area (Å²) in [5, 5.41) is 0. The standard InChI is InChI=1S/C13H16O3S/c1-10-5-7-12(8-6-10)17(15)9-11-3-2-4-13(14)16-11/h5-8,11H,2-4,9H2,1H3/t11-,17-/m1/s1. The second-order valence-corrected chi connectivity index (χ2v) is 5.83. The van der Waals surface area contributed by atoms with E-state index in [1.807, 2.05) is 31.2 Å². The molecule has 1 aliphatic rings. The van der Waals surface area contributed by atoms with Gasteiger partial charge in [0.25, 0.3) is 0 Å². The van der Waals surface area contributed by atoms with Crippen molar-refractivity contribution in [3.63, 3.8) is 0 Å². The highest BCUT2D eigenvalue weighted by Gasteiger charge is 2.22. The third-order valence-electron chi connectivity index (χ3n) is 2.83. The Morgan fingerprint density at radius 3 is 2.71 bits per heavy atom. The molecule has 0 spiro atoms. The van der Waals surface area contributed by atoms with Crippen molar-refractivity contribution >= 4 is 16.8 Å². The fourth-order valence-electron chi connectivity index (χ4n) is 1.85. The zero-order valence-electron chi connectivity index (χ0n) is 9.85. The maximum absolute atomic E-state index is 12.1. The lowest BCUT2D eigenvalue weighted by molar-refractivity contribution is -0.152. The molecule has 2 atom stereocenters. The summed E-state index contributed by atoms with van der Waals surface area (Å²) < 4.78 is 17.2. The summed E-state index contributed by atoms with van der Waals surface area (Å²) in [7, 11) is -1.08. The molecule has 1 heterocycles. The van der Waals surface area contributed by atoms with Gasteiger partial charge < -0.3 is 4.74 Å². The summed E-state index contributed by atoms with van der Waals surface area (Å²) in [4.78, 5) is 11.9. The molecule has 1 aliphatic heterocycles. The molecule has 0 bridgehead atoms. The van der Waals surface area contributed by atoms with Gasteiger partial charge in [0.2, 0.25) is 0 Å².